The summed E-state index contributed by atoms with van der Waals surface area (Å²) in [7, 11) is 0. The van der Waals surface area contributed by atoms with Crippen molar-refractivity contribution >= 4 is 17.7 Å². The molecule has 5 nitrogen and oxygen atoms in total. The van der Waals surface area contributed by atoms with E-state index < -0.39 is 0 Å². The second kappa shape index (κ2) is 11.4. The normalized spacial score (nSPS) is 12.0. The molecule has 0 aliphatic rings. The first kappa shape index (κ1) is 24.7. The molecule has 180 valence electrons. The van der Waals surface area contributed by atoms with Crippen LogP contribution >= 0.6 is 11.8 Å². The smallest absolute Gasteiger partial charge is 0.223 e. The standard InChI is InChI=1S/C29H32N4OS/c1-20(2)28(34)30-26(18-23-10-6-5-7-11-23)27-31-32-29(33(27)25-15-13-21(3)14-16-25)35-19-24-12-8-9-22(4)17-24/h5-17,20,26H,18-19H2,1-4H3,(H,30,34). The van der Waals surface area contributed by atoms with Gasteiger partial charge in [-0.25, -0.2) is 0 Å². The number of nitrogens with one attached hydrogen (secondary N) is 1. The first-order valence-electron chi connectivity index (χ1n) is 12.0. The number of hydrogen-bond donors (Lipinski definition) is 1. The van der Waals surface area contributed by atoms with Crippen molar-refractivity contribution in [3.05, 3.63) is 107 Å². The first-order valence-corrected chi connectivity index (χ1v) is 12.9. The molecule has 1 atom stereocenters. The number of benzene rings is 3. The Morgan fingerprint density at radius 2 is 1.60 bits per heavy atom. The summed E-state index contributed by atoms with van der Waals surface area (Å²) in [5.41, 5.74) is 5.78. The van der Waals surface area contributed by atoms with Gasteiger partial charge >= 0.3 is 0 Å². The summed E-state index contributed by atoms with van der Waals surface area (Å²) in [6.07, 6.45) is 0.631. The Labute approximate surface area is 212 Å². The van der Waals surface area contributed by atoms with Crippen molar-refractivity contribution in [3.8, 4) is 5.69 Å². The summed E-state index contributed by atoms with van der Waals surface area (Å²) >= 11 is 1.65. The van der Waals surface area contributed by atoms with E-state index in [2.05, 4.69) is 94.6 Å². The van der Waals surface area contributed by atoms with Crippen molar-refractivity contribution in [2.45, 2.75) is 51.1 Å². The molecule has 6 heteroatoms. The lowest BCUT2D eigenvalue weighted by Gasteiger charge is -2.21. The summed E-state index contributed by atoms with van der Waals surface area (Å²) < 4.78 is 2.09. The number of rotatable bonds is 9. The van der Waals surface area contributed by atoms with Gasteiger partial charge in [-0.1, -0.05) is 103 Å². The molecule has 0 fully saturated rings. The molecule has 3 aromatic carbocycles. The van der Waals surface area contributed by atoms with Gasteiger partial charge in [0.1, 0.15) is 0 Å². The van der Waals surface area contributed by atoms with Crippen LogP contribution in [-0.4, -0.2) is 20.7 Å². The molecule has 1 aromatic heterocycles. The number of nitrogens with zero attached hydrogens (tertiary/aromatic N) is 3. The zero-order valence-electron chi connectivity index (χ0n) is 20.7. The van der Waals surface area contributed by atoms with Crippen LogP contribution in [0.4, 0.5) is 0 Å². The van der Waals surface area contributed by atoms with Crippen LogP contribution in [-0.2, 0) is 17.0 Å². The van der Waals surface area contributed by atoms with Crippen molar-refractivity contribution in [2.75, 3.05) is 0 Å². The molecule has 1 unspecified atom stereocenters. The first-order chi connectivity index (χ1) is 16.9. The van der Waals surface area contributed by atoms with E-state index in [1.54, 1.807) is 11.8 Å². The van der Waals surface area contributed by atoms with E-state index in [1.165, 1.54) is 16.7 Å². The average Bonchev–Trinajstić information content (AvgIpc) is 3.27. The molecule has 1 heterocycles. The Balaban J connectivity index is 1.73. The van der Waals surface area contributed by atoms with Crippen LogP contribution in [0.3, 0.4) is 0 Å². The molecule has 0 aliphatic heterocycles. The maximum Gasteiger partial charge on any atom is 0.223 e. The molecule has 0 bridgehead atoms. The van der Waals surface area contributed by atoms with Gasteiger partial charge in [-0.2, -0.15) is 0 Å². The maximum absolute atomic E-state index is 12.8. The van der Waals surface area contributed by atoms with Gasteiger partial charge in [-0.05, 0) is 43.5 Å². The molecule has 0 saturated carbocycles. The molecule has 1 amide bonds. The molecular weight excluding hydrogens is 452 g/mol. The lowest BCUT2D eigenvalue weighted by molar-refractivity contribution is -0.124. The Kier molecular flexibility index (Phi) is 8.03. The van der Waals surface area contributed by atoms with Crippen molar-refractivity contribution < 1.29 is 4.79 Å². The summed E-state index contributed by atoms with van der Waals surface area (Å²) in [5.74, 6) is 1.39. The highest BCUT2D eigenvalue weighted by Gasteiger charge is 2.25. The fourth-order valence-electron chi connectivity index (χ4n) is 3.88. The van der Waals surface area contributed by atoms with Gasteiger partial charge in [0.15, 0.2) is 11.0 Å². The van der Waals surface area contributed by atoms with E-state index in [0.29, 0.717) is 6.42 Å². The number of thioether (sulfide) groups is 1. The summed E-state index contributed by atoms with van der Waals surface area (Å²) in [5, 5.41) is 13.3. The molecule has 1 N–H and O–H groups in total. The minimum atomic E-state index is -0.311. The van der Waals surface area contributed by atoms with E-state index >= 15 is 0 Å². The van der Waals surface area contributed by atoms with Crippen LogP contribution in [0.2, 0.25) is 0 Å². The molecule has 4 rings (SSSR count). The van der Waals surface area contributed by atoms with E-state index in [0.717, 1.165) is 28.0 Å². The second-order valence-corrected chi connectivity index (χ2v) is 10.1. The molecule has 0 aliphatic carbocycles. The fraction of sp³-hybridized carbons (Fsp3) is 0.276. The Bertz CT molecular complexity index is 1270. The SMILES string of the molecule is Cc1ccc(-n2c(SCc3cccc(C)c3)nnc2C(Cc2ccccc2)NC(=O)C(C)C)cc1. The fourth-order valence-corrected chi connectivity index (χ4v) is 4.78. The monoisotopic (exact) mass is 484 g/mol. The maximum atomic E-state index is 12.8. The lowest BCUT2D eigenvalue weighted by Crippen LogP contribution is -2.34. The van der Waals surface area contributed by atoms with Crippen molar-refractivity contribution in [1.82, 2.24) is 20.1 Å². The Morgan fingerprint density at radius 3 is 2.29 bits per heavy atom. The number of hydrogen-bond acceptors (Lipinski definition) is 4. The molecule has 0 spiro atoms. The lowest BCUT2D eigenvalue weighted by atomic mass is 10.0. The van der Waals surface area contributed by atoms with Gasteiger partial charge in [-0.3, -0.25) is 9.36 Å². The molecule has 35 heavy (non-hydrogen) atoms. The van der Waals surface area contributed by atoms with E-state index in [9.17, 15) is 4.79 Å². The minimum Gasteiger partial charge on any atom is -0.345 e. The van der Waals surface area contributed by atoms with Gasteiger partial charge in [0.25, 0.3) is 0 Å². The topological polar surface area (TPSA) is 59.8 Å². The number of carbonyl (C=O) groups is 1. The van der Waals surface area contributed by atoms with E-state index in [4.69, 9.17) is 0 Å². The van der Waals surface area contributed by atoms with E-state index in [1.807, 2.05) is 32.0 Å². The predicted molar refractivity (Wildman–Crippen MR) is 143 cm³/mol. The van der Waals surface area contributed by atoms with Crippen molar-refractivity contribution in [2.24, 2.45) is 5.92 Å². The van der Waals surface area contributed by atoms with E-state index in [-0.39, 0.29) is 17.9 Å². The molecular formula is C29H32N4OS. The van der Waals surface area contributed by atoms with Gasteiger partial charge < -0.3 is 5.32 Å². The van der Waals surface area contributed by atoms with Gasteiger partial charge in [0.2, 0.25) is 5.91 Å². The third-order valence-electron chi connectivity index (χ3n) is 5.84. The van der Waals surface area contributed by atoms with Crippen LogP contribution in [0.1, 0.15) is 48.0 Å². The number of amides is 1. The third-order valence-corrected chi connectivity index (χ3v) is 6.84. The van der Waals surface area contributed by atoms with Crippen LogP contribution in [0.25, 0.3) is 5.69 Å². The van der Waals surface area contributed by atoms with Gasteiger partial charge in [0.05, 0.1) is 6.04 Å². The average molecular weight is 485 g/mol. The Morgan fingerprint density at radius 1 is 0.886 bits per heavy atom. The quantitative estimate of drug-likeness (QED) is 0.286. The Hall–Kier alpha value is -3.38. The predicted octanol–water partition coefficient (Wildman–Crippen LogP) is 6.23. The van der Waals surface area contributed by atoms with Crippen LogP contribution < -0.4 is 5.32 Å². The number of aryl methyl sites for hydroxylation is 2. The summed E-state index contributed by atoms with van der Waals surface area (Å²) in [6, 6.07) is 26.7. The highest BCUT2D eigenvalue weighted by molar-refractivity contribution is 7.98. The minimum absolute atomic E-state index is 0.00153. The van der Waals surface area contributed by atoms with Gasteiger partial charge in [-0.15, -0.1) is 10.2 Å². The third kappa shape index (κ3) is 6.40. The largest absolute Gasteiger partial charge is 0.345 e. The molecule has 0 radical (unpaired) electrons. The summed E-state index contributed by atoms with van der Waals surface area (Å²) in [4.78, 5) is 12.8. The van der Waals surface area contributed by atoms with Crippen LogP contribution in [0.15, 0.2) is 84.0 Å². The van der Waals surface area contributed by atoms with Crippen molar-refractivity contribution in [3.63, 3.8) is 0 Å². The second-order valence-electron chi connectivity index (χ2n) is 9.20. The zero-order chi connectivity index (χ0) is 24.8. The van der Waals surface area contributed by atoms with Crippen LogP contribution in [0, 0.1) is 19.8 Å². The van der Waals surface area contributed by atoms with Crippen LogP contribution in [0.5, 0.6) is 0 Å². The zero-order valence-corrected chi connectivity index (χ0v) is 21.5. The molecule has 0 saturated heterocycles. The highest BCUT2D eigenvalue weighted by Crippen LogP contribution is 2.29. The van der Waals surface area contributed by atoms with Crippen molar-refractivity contribution in [1.29, 1.82) is 0 Å². The number of aromatic nitrogens is 3. The summed E-state index contributed by atoms with van der Waals surface area (Å²) in [6.45, 7) is 7.99. The highest BCUT2D eigenvalue weighted by atomic mass is 32.2. The number of carbonyl (C=O) groups excluding carboxylic acids is 1. The molecule has 4 aromatic rings. The van der Waals surface area contributed by atoms with Gasteiger partial charge in [0, 0.05) is 17.4 Å².